The molecule has 0 aliphatic rings. The fraction of sp³-hybridized carbons (Fsp3) is 0. The maximum Gasteiger partial charge on any atom is 0.337 e. The summed E-state index contributed by atoms with van der Waals surface area (Å²) in [5.41, 5.74) is 0.105. The van der Waals surface area contributed by atoms with E-state index in [2.05, 4.69) is 4.98 Å². The second kappa shape index (κ2) is 4.44. The van der Waals surface area contributed by atoms with Gasteiger partial charge in [-0.2, -0.15) is 0 Å². The van der Waals surface area contributed by atoms with Gasteiger partial charge in [0.1, 0.15) is 11.5 Å². The largest absolute Gasteiger partial charge is 0.478 e. The SMILES string of the molecule is O=C(O)c1cncc(Oc2ccccc2)c1. The number of carboxylic acid groups (broad SMARTS) is 1. The molecule has 0 radical (unpaired) electrons. The summed E-state index contributed by atoms with van der Waals surface area (Å²) in [5, 5.41) is 8.78. The Labute approximate surface area is 92.1 Å². The number of carboxylic acids is 1. The van der Waals surface area contributed by atoms with Gasteiger partial charge in [-0.3, -0.25) is 4.98 Å². The molecule has 1 heterocycles. The van der Waals surface area contributed by atoms with E-state index in [9.17, 15) is 4.79 Å². The maximum atomic E-state index is 10.7. The zero-order valence-corrected chi connectivity index (χ0v) is 8.33. The van der Waals surface area contributed by atoms with Gasteiger partial charge in [-0.1, -0.05) is 18.2 Å². The lowest BCUT2D eigenvalue weighted by atomic mass is 10.3. The van der Waals surface area contributed by atoms with E-state index in [1.54, 1.807) is 12.1 Å². The Balaban J connectivity index is 2.22. The molecule has 0 fully saturated rings. The Morgan fingerprint density at radius 3 is 2.56 bits per heavy atom. The molecule has 2 rings (SSSR count). The van der Waals surface area contributed by atoms with Gasteiger partial charge in [-0.25, -0.2) is 4.79 Å². The summed E-state index contributed by atoms with van der Waals surface area (Å²) in [7, 11) is 0. The number of aromatic nitrogens is 1. The third-order valence-corrected chi connectivity index (χ3v) is 1.94. The number of para-hydroxylation sites is 1. The predicted molar refractivity (Wildman–Crippen MR) is 57.7 cm³/mol. The van der Waals surface area contributed by atoms with Crippen LogP contribution in [0.2, 0.25) is 0 Å². The molecule has 1 aromatic heterocycles. The minimum absolute atomic E-state index is 0.105. The number of hydrogen-bond donors (Lipinski definition) is 1. The van der Waals surface area contributed by atoms with Crippen LogP contribution >= 0.6 is 0 Å². The third kappa shape index (κ3) is 2.36. The number of benzene rings is 1. The monoisotopic (exact) mass is 215 g/mol. The second-order valence-corrected chi connectivity index (χ2v) is 3.13. The highest BCUT2D eigenvalue weighted by Gasteiger charge is 2.05. The molecule has 16 heavy (non-hydrogen) atoms. The summed E-state index contributed by atoms with van der Waals surface area (Å²) in [6.07, 6.45) is 2.75. The van der Waals surface area contributed by atoms with Crippen molar-refractivity contribution in [3.05, 3.63) is 54.4 Å². The van der Waals surface area contributed by atoms with Gasteiger partial charge in [0.15, 0.2) is 0 Å². The molecule has 1 N–H and O–H groups in total. The van der Waals surface area contributed by atoms with Gasteiger partial charge >= 0.3 is 5.97 Å². The fourth-order valence-corrected chi connectivity index (χ4v) is 1.22. The normalized spacial score (nSPS) is 9.75. The number of ether oxygens (including phenoxy) is 1. The van der Waals surface area contributed by atoms with Crippen molar-refractivity contribution in [3.63, 3.8) is 0 Å². The van der Waals surface area contributed by atoms with Crippen LogP contribution in [0, 0.1) is 0 Å². The molecule has 4 nitrogen and oxygen atoms in total. The van der Waals surface area contributed by atoms with Crippen LogP contribution in [0.3, 0.4) is 0 Å². The van der Waals surface area contributed by atoms with Crippen LogP contribution in [-0.4, -0.2) is 16.1 Å². The summed E-state index contributed by atoms with van der Waals surface area (Å²) < 4.78 is 5.44. The van der Waals surface area contributed by atoms with Gasteiger partial charge in [-0.15, -0.1) is 0 Å². The molecule has 0 saturated carbocycles. The number of aromatic carboxylic acids is 1. The maximum absolute atomic E-state index is 10.7. The molecule has 2 aromatic rings. The third-order valence-electron chi connectivity index (χ3n) is 1.94. The molecule has 80 valence electrons. The van der Waals surface area contributed by atoms with E-state index in [-0.39, 0.29) is 5.56 Å². The lowest BCUT2D eigenvalue weighted by Crippen LogP contribution is -1.97. The van der Waals surface area contributed by atoms with Gasteiger partial charge in [0.25, 0.3) is 0 Å². The molecule has 0 atom stereocenters. The van der Waals surface area contributed by atoms with Crippen molar-refractivity contribution in [2.75, 3.05) is 0 Å². The first-order valence-electron chi connectivity index (χ1n) is 4.67. The second-order valence-electron chi connectivity index (χ2n) is 3.13. The van der Waals surface area contributed by atoms with Crippen LogP contribution in [0.5, 0.6) is 11.5 Å². The Bertz CT molecular complexity index is 497. The smallest absolute Gasteiger partial charge is 0.337 e. The number of pyridine rings is 1. The van der Waals surface area contributed by atoms with Crippen LogP contribution in [0.15, 0.2) is 48.8 Å². The molecular formula is C12H9NO3. The summed E-state index contributed by atoms with van der Waals surface area (Å²) in [4.78, 5) is 14.5. The van der Waals surface area contributed by atoms with E-state index < -0.39 is 5.97 Å². The molecule has 0 bridgehead atoms. The van der Waals surface area contributed by atoms with Crippen LogP contribution in [0.25, 0.3) is 0 Å². The molecule has 4 heteroatoms. The molecule has 1 aromatic carbocycles. The van der Waals surface area contributed by atoms with Crippen LogP contribution in [-0.2, 0) is 0 Å². The standard InChI is InChI=1S/C12H9NO3/c14-12(15)9-6-11(8-13-7-9)16-10-4-2-1-3-5-10/h1-8H,(H,14,15). The minimum Gasteiger partial charge on any atom is -0.478 e. The van der Waals surface area contributed by atoms with Gasteiger partial charge < -0.3 is 9.84 Å². The van der Waals surface area contributed by atoms with E-state index in [4.69, 9.17) is 9.84 Å². The van der Waals surface area contributed by atoms with E-state index in [1.807, 2.05) is 18.2 Å². The molecule has 0 amide bonds. The average Bonchev–Trinajstić information content (AvgIpc) is 2.30. The Morgan fingerprint density at radius 2 is 1.88 bits per heavy atom. The first-order chi connectivity index (χ1) is 7.75. The molecular weight excluding hydrogens is 206 g/mol. The highest BCUT2D eigenvalue weighted by Crippen LogP contribution is 2.20. The van der Waals surface area contributed by atoms with E-state index in [0.717, 1.165) is 0 Å². The Hall–Kier alpha value is -2.36. The van der Waals surface area contributed by atoms with Crippen molar-refractivity contribution in [2.24, 2.45) is 0 Å². The number of nitrogens with zero attached hydrogens (tertiary/aromatic N) is 1. The predicted octanol–water partition coefficient (Wildman–Crippen LogP) is 2.57. The zero-order valence-electron chi connectivity index (χ0n) is 8.33. The topological polar surface area (TPSA) is 59.4 Å². The first-order valence-corrected chi connectivity index (χ1v) is 4.67. The average molecular weight is 215 g/mol. The fourth-order valence-electron chi connectivity index (χ4n) is 1.22. The van der Waals surface area contributed by atoms with Crippen molar-refractivity contribution < 1.29 is 14.6 Å². The van der Waals surface area contributed by atoms with E-state index >= 15 is 0 Å². The van der Waals surface area contributed by atoms with Crippen LogP contribution in [0.1, 0.15) is 10.4 Å². The zero-order chi connectivity index (χ0) is 11.4. The van der Waals surface area contributed by atoms with Crippen molar-refractivity contribution in [2.45, 2.75) is 0 Å². The van der Waals surface area contributed by atoms with Gasteiger partial charge in [0.05, 0.1) is 11.8 Å². The van der Waals surface area contributed by atoms with Crippen molar-refractivity contribution in [1.82, 2.24) is 4.98 Å². The molecule has 0 aliphatic carbocycles. The Morgan fingerprint density at radius 1 is 1.12 bits per heavy atom. The molecule has 0 aliphatic heterocycles. The molecule has 0 spiro atoms. The van der Waals surface area contributed by atoms with Gasteiger partial charge in [0.2, 0.25) is 0 Å². The first kappa shape index (κ1) is 10.2. The Kier molecular flexibility index (Phi) is 2.82. The minimum atomic E-state index is -1.02. The lowest BCUT2D eigenvalue weighted by Gasteiger charge is -2.04. The van der Waals surface area contributed by atoms with Crippen molar-refractivity contribution in [1.29, 1.82) is 0 Å². The highest BCUT2D eigenvalue weighted by molar-refractivity contribution is 5.87. The summed E-state index contributed by atoms with van der Waals surface area (Å²) >= 11 is 0. The van der Waals surface area contributed by atoms with E-state index in [0.29, 0.717) is 11.5 Å². The van der Waals surface area contributed by atoms with Crippen molar-refractivity contribution in [3.8, 4) is 11.5 Å². The molecule has 0 saturated heterocycles. The van der Waals surface area contributed by atoms with E-state index in [1.165, 1.54) is 18.5 Å². The quantitative estimate of drug-likeness (QED) is 0.854. The van der Waals surface area contributed by atoms with Crippen LogP contribution < -0.4 is 4.74 Å². The van der Waals surface area contributed by atoms with Gasteiger partial charge in [0, 0.05) is 6.20 Å². The molecule has 0 unspecified atom stereocenters. The summed E-state index contributed by atoms with van der Waals surface area (Å²) in [5.74, 6) is 0.0314. The highest BCUT2D eigenvalue weighted by atomic mass is 16.5. The van der Waals surface area contributed by atoms with Gasteiger partial charge in [-0.05, 0) is 18.2 Å². The number of rotatable bonds is 3. The van der Waals surface area contributed by atoms with Crippen LogP contribution in [0.4, 0.5) is 0 Å². The number of hydrogen-bond acceptors (Lipinski definition) is 3. The summed E-state index contributed by atoms with van der Waals surface area (Å²) in [6.45, 7) is 0. The lowest BCUT2D eigenvalue weighted by molar-refractivity contribution is 0.0696. The number of carbonyl (C=O) groups is 1. The summed E-state index contributed by atoms with van der Waals surface area (Å²) in [6, 6.07) is 10.6. The van der Waals surface area contributed by atoms with Crippen molar-refractivity contribution >= 4 is 5.97 Å².